The van der Waals surface area contributed by atoms with Crippen molar-refractivity contribution in [3.63, 3.8) is 0 Å². The normalized spacial score (nSPS) is 20.5. The molecule has 0 radical (unpaired) electrons. The van der Waals surface area contributed by atoms with E-state index in [4.69, 9.17) is 4.74 Å². The Morgan fingerprint density at radius 2 is 2.33 bits per heavy atom. The van der Waals surface area contributed by atoms with Gasteiger partial charge in [-0.25, -0.2) is 0 Å². The molecule has 1 N–H and O–H groups in total. The standard InChI is InChI=1S/C14H25N3O/c1-14(2,3)15-9-12-10-16-17(11-12)7-6-13-5-4-8-18-13/h10-11,13,15H,4-9H2,1-3H3. The Morgan fingerprint density at radius 1 is 1.50 bits per heavy atom. The molecule has 0 spiro atoms. The minimum atomic E-state index is 0.153. The first-order chi connectivity index (χ1) is 8.53. The van der Waals surface area contributed by atoms with Crippen LogP contribution < -0.4 is 5.32 Å². The van der Waals surface area contributed by atoms with Gasteiger partial charge in [-0.05, 0) is 40.0 Å². The van der Waals surface area contributed by atoms with Gasteiger partial charge in [-0.15, -0.1) is 0 Å². The Bertz CT molecular complexity index is 361. The van der Waals surface area contributed by atoms with Gasteiger partial charge < -0.3 is 10.1 Å². The lowest BCUT2D eigenvalue weighted by molar-refractivity contribution is 0.0994. The fraction of sp³-hybridized carbons (Fsp3) is 0.786. The second-order valence-electron chi connectivity index (χ2n) is 6.14. The van der Waals surface area contributed by atoms with Crippen LogP contribution in [0.4, 0.5) is 0 Å². The second kappa shape index (κ2) is 5.85. The van der Waals surface area contributed by atoms with Gasteiger partial charge in [-0.1, -0.05) is 0 Å². The molecule has 1 atom stereocenters. The van der Waals surface area contributed by atoms with Crippen LogP contribution >= 0.6 is 0 Å². The van der Waals surface area contributed by atoms with Crippen molar-refractivity contribution in [1.82, 2.24) is 15.1 Å². The Hall–Kier alpha value is -0.870. The average molecular weight is 251 g/mol. The van der Waals surface area contributed by atoms with E-state index in [1.807, 2.05) is 10.9 Å². The number of ether oxygens (including phenoxy) is 1. The maximum absolute atomic E-state index is 5.62. The van der Waals surface area contributed by atoms with Gasteiger partial charge in [0.25, 0.3) is 0 Å². The first-order valence-corrected chi connectivity index (χ1v) is 6.91. The van der Waals surface area contributed by atoms with E-state index in [0.717, 1.165) is 26.1 Å². The van der Waals surface area contributed by atoms with E-state index in [1.165, 1.54) is 18.4 Å². The zero-order chi connectivity index (χ0) is 13.0. The molecule has 4 nitrogen and oxygen atoms in total. The highest BCUT2D eigenvalue weighted by Gasteiger charge is 2.15. The first-order valence-electron chi connectivity index (χ1n) is 6.91. The number of aryl methyl sites for hydroxylation is 1. The summed E-state index contributed by atoms with van der Waals surface area (Å²) in [7, 11) is 0. The van der Waals surface area contributed by atoms with Crippen molar-refractivity contribution >= 4 is 0 Å². The summed E-state index contributed by atoms with van der Waals surface area (Å²) >= 11 is 0. The van der Waals surface area contributed by atoms with Gasteiger partial charge >= 0.3 is 0 Å². The average Bonchev–Trinajstić information content (AvgIpc) is 2.94. The summed E-state index contributed by atoms with van der Waals surface area (Å²) in [5, 5.41) is 7.87. The molecular weight excluding hydrogens is 226 g/mol. The van der Waals surface area contributed by atoms with E-state index in [-0.39, 0.29) is 5.54 Å². The van der Waals surface area contributed by atoms with Crippen LogP contribution in [0.15, 0.2) is 12.4 Å². The molecule has 102 valence electrons. The van der Waals surface area contributed by atoms with Crippen LogP contribution in [0.5, 0.6) is 0 Å². The van der Waals surface area contributed by atoms with Crippen LogP contribution in [-0.4, -0.2) is 28.0 Å². The van der Waals surface area contributed by atoms with Gasteiger partial charge in [0.15, 0.2) is 0 Å². The van der Waals surface area contributed by atoms with Crippen molar-refractivity contribution < 1.29 is 4.74 Å². The number of nitrogens with one attached hydrogen (secondary N) is 1. The zero-order valence-corrected chi connectivity index (χ0v) is 11.8. The minimum Gasteiger partial charge on any atom is -0.378 e. The highest BCUT2D eigenvalue weighted by molar-refractivity contribution is 5.04. The van der Waals surface area contributed by atoms with Gasteiger partial charge in [0, 0.05) is 37.0 Å². The van der Waals surface area contributed by atoms with Gasteiger partial charge in [0.1, 0.15) is 0 Å². The molecule has 0 saturated carbocycles. The minimum absolute atomic E-state index is 0.153. The predicted molar refractivity (Wildman–Crippen MR) is 72.4 cm³/mol. The lowest BCUT2D eigenvalue weighted by atomic mass is 10.1. The molecule has 1 aliphatic heterocycles. The van der Waals surface area contributed by atoms with Gasteiger partial charge in [-0.3, -0.25) is 4.68 Å². The zero-order valence-electron chi connectivity index (χ0n) is 11.8. The summed E-state index contributed by atoms with van der Waals surface area (Å²) in [6.07, 6.45) is 8.03. The van der Waals surface area contributed by atoms with Crippen LogP contribution in [0, 0.1) is 0 Å². The Kier molecular flexibility index (Phi) is 4.40. The number of hydrogen-bond acceptors (Lipinski definition) is 3. The SMILES string of the molecule is CC(C)(C)NCc1cnn(CCC2CCCO2)c1. The van der Waals surface area contributed by atoms with Crippen LogP contribution in [0.2, 0.25) is 0 Å². The van der Waals surface area contributed by atoms with E-state index in [0.29, 0.717) is 6.10 Å². The van der Waals surface area contributed by atoms with Crippen LogP contribution in [0.1, 0.15) is 45.6 Å². The molecule has 2 heterocycles. The van der Waals surface area contributed by atoms with E-state index in [1.54, 1.807) is 0 Å². The van der Waals surface area contributed by atoms with Crippen molar-refractivity contribution in [3.05, 3.63) is 18.0 Å². The summed E-state index contributed by atoms with van der Waals surface area (Å²) in [5.41, 5.74) is 1.40. The molecule has 18 heavy (non-hydrogen) atoms. The smallest absolute Gasteiger partial charge is 0.0593 e. The maximum Gasteiger partial charge on any atom is 0.0593 e. The fourth-order valence-electron chi connectivity index (χ4n) is 2.14. The third kappa shape index (κ3) is 4.42. The lowest BCUT2D eigenvalue weighted by Gasteiger charge is -2.19. The molecule has 1 saturated heterocycles. The maximum atomic E-state index is 5.62. The summed E-state index contributed by atoms with van der Waals surface area (Å²) in [4.78, 5) is 0. The Balaban J connectivity index is 1.75. The molecule has 1 aromatic heterocycles. The summed E-state index contributed by atoms with van der Waals surface area (Å²) < 4.78 is 7.65. The van der Waals surface area contributed by atoms with Crippen molar-refractivity contribution in [3.8, 4) is 0 Å². The van der Waals surface area contributed by atoms with E-state index in [9.17, 15) is 0 Å². The highest BCUT2D eigenvalue weighted by atomic mass is 16.5. The summed E-state index contributed by atoms with van der Waals surface area (Å²) in [6.45, 7) is 9.30. The largest absolute Gasteiger partial charge is 0.378 e. The molecule has 0 aromatic carbocycles. The molecule has 0 amide bonds. The molecule has 2 rings (SSSR count). The highest BCUT2D eigenvalue weighted by Crippen LogP contribution is 2.16. The van der Waals surface area contributed by atoms with E-state index < -0.39 is 0 Å². The molecule has 1 unspecified atom stereocenters. The third-order valence-electron chi connectivity index (χ3n) is 3.21. The van der Waals surface area contributed by atoms with Crippen molar-refractivity contribution in [2.75, 3.05) is 6.61 Å². The number of rotatable bonds is 5. The molecule has 1 aromatic rings. The Morgan fingerprint density at radius 3 is 3.00 bits per heavy atom. The second-order valence-corrected chi connectivity index (χ2v) is 6.14. The fourth-order valence-corrected chi connectivity index (χ4v) is 2.14. The van der Waals surface area contributed by atoms with Crippen LogP contribution in [0.3, 0.4) is 0 Å². The topological polar surface area (TPSA) is 39.1 Å². The predicted octanol–water partition coefficient (Wildman–Crippen LogP) is 2.34. The van der Waals surface area contributed by atoms with E-state index in [2.05, 4.69) is 37.4 Å². The molecule has 0 bridgehead atoms. The quantitative estimate of drug-likeness (QED) is 0.873. The molecule has 1 fully saturated rings. The number of hydrogen-bond donors (Lipinski definition) is 1. The van der Waals surface area contributed by atoms with Gasteiger partial charge in [-0.2, -0.15) is 5.10 Å². The summed E-state index contributed by atoms with van der Waals surface area (Å²) in [5.74, 6) is 0. The lowest BCUT2D eigenvalue weighted by Crippen LogP contribution is -2.34. The van der Waals surface area contributed by atoms with Gasteiger partial charge in [0.2, 0.25) is 0 Å². The van der Waals surface area contributed by atoms with Crippen molar-refractivity contribution in [2.24, 2.45) is 0 Å². The van der Waals surface area contributed by atoms with Crippen LogP contribution in [0.25, 0.3) is 0 Å². The molecule has 0 aliphatic carbocycles. The van der Waals surface area contributed by atoms with Crippen LogP contribution in [-0.2, 0) is 17.8 Å². The number of nitrogens with zero attached hydrogens (tertiary/aromatic N) is 2. The first kappa shape index (κ1) is 13.6. The monoisotopic (exact) mass is 251 g/mol. The van der Waals surface area contributed by atoms with E-state index >= 15 is 0 Å². The van der Waals surface area contributed by atoms with Crippen molar-refractivity contribution in [2.45, 2.75) is 64.8 Å². The number of aromatic nitrogens is 2. The molecular formula is C14H25N3O. The molecule has 4 heteroatoms. The third-order valence-corrected chi connectivity index (χ3v) is 3.21. The summed E-state index contributed by atoms with van der Waals surface area (Å²) in [6, 6.07) is 0. The van der Waals surface area contributed by atoms with Crippen molar-refractivity contribution in [1.29, 1.82) is 0 Å². The van der Waals surface area contributed by atoms with Gasteiger partial charge in [0.05, 0.1) is 12.3 Å². The molecule has 1 aliphatic rings. The Labute approximate surface area is 110 Å².